The molecular weight excluding hydrogens is 514 g/mol. The SMILES string of the molecule is [2H]C([2H])([2H])c1nn([C@@]2(C(N)=O)C[C@@H]2CC)c2nc(Nc3cc4c(cn3)n(C([2H])([2H])[2H])c(=O)n4[C@@H]3CC[C@@]([2H])(NC(=O)OC)C3)ccc12. The third kappa shape index (κ3) is 3.90. The van der Waals surface area contributed by atoms with Crippen molar-refractivity contribution in [2.75, 3.05) is 12.4 Å². The zero-order valence-electron chi connectivity index (χ0n) is 28.9. The Bertz CT molecular complexity index is 1980. The Kier molecular flexibility index (Phi) is 4.39. The molecule has 0 unspecified atom stereocenters. The summed E-state index contributed by atoms with van der Waals surface area (Å²) in [6.07, 6.45) is 1.96. The number of primary amides is 1. The number of methoxy groups -OCH3 is 1. The third-order valence-electron chi connectivity index (χ3n) is 8.01. The Morgan fingerprint density at radius 2 is 2.15 bits per heavy atom. The van der Waals surface area contributed by atoms with Crippen molar-refractivity contribution in [3.63, 3.8) is 0 Å². The van der Waals surface area contributed by atoms with Gasteiger partial charge < -0.3 is 21.1 Å². The van der Waals surface area contributed by atoms with Crippen LogP contribution in [0.15, 0.2) is 29.2 Å². The predicted molar refractivity (Wildman–Crippen MR) is 148 cm³/mol. The summed E-state index contributed by atoms with van der Waals surface area (Å²) in [5.41, 5.74) is 3.96. The van der Waals surface area contributed by atoms with E-state index in [2.05, 4.69) is 30.4 Å². The molecule has 40 heavy (non-hydrogen) atoms. The van der Waals surface area contributed by atoms with Crippen molar-refractivity contribution in [1.82, 2.24) is 34.2 Å². The lowest BCUT2D eigenvalue weighted by Gasteiger charge is -2.15. The molecule has 6 rings (SSSR count). The molecular formula is C27H33N9O4. The summed E-state index contributed by atoms with van der Waals surface area (Å²) in [6.45, 7) is -3.53. The van der Waals surface area contributed by atoms with Gasteiger partial charge >= 0.3 is 11.8 Å². The highest BCUT2D eigenvalue weighted by molar-refractivity contribution is 5.90. The Labute approximate surface area is 239 Å². The fourth-order valence-electron chi connectivity index (χ4n) is 5.84. The van der Waals surface area contributed by atoms with Crippen LogP contribution in [0.25, 0.3) is 22.1 Å². The summed E-state index contributed by atoms with van der Waals surface area (Å²) in [5.74, 6) is -0.406. The molecule has 13 nitrogen and oxygen atoms in total. The summed E-state index contributed by atoms with van der Waals surface area (Å²) in [4.78, 5) is 47.0. The van der Waals surface area contributed by atoms with Gasteiger partial charge in [-0.3, -0.25) is 13.9 Å². The first-order valence-corrected chi connectivity index (χ1v) is 12.9. The van der Waals surface area contributed by atoms with Gasteiger partial charge in [-0.25, -0.2) is 24.2 Å². The Balaban J connectivity index is 1.43. The quantitative estimate of drug-likeness (QED) is 0.314. The smallest absolute Gasteiger partial charge is 0.407 e. The van der Waals surface area contributed by atoms with Crippen LogP contribution >= 0.6 is 0 Å². The zero-order chi connectivity index (χ0) is 34.3. The van der Waals surface area contributed by atoms with Crippen LogP contribution in [-0.2, 0) is 22.0 Å². The molecule has 4 N–H and O–H groups in total. The van der Waals surface area contributed by atoms with Gasteiger partial charge in [0.2, 0.25) is 5.91 Å². The summed E-state index contributed by atoms with van der Waals surface area (Å²) < 4.78 is 64.6. The number of fused-ring (bicyclic) bond motifs is 2. The van der Waals surface area contributed by atoms with Crippen molar-refractivity contribution in [2.45, 2.75) is 63.5 Å². The van der Waals surface area contributed by atoms with E-state index in [-0.39, 0.29) is 58.2 Å². The predicted octanol–water partition coefficient (Wildman–Crippen LogP) is 2.59. The second kappa shape index (κ2) is 9.35. The van der Waals surface area contributed by atoms with Crippen molar-refractivity contribution < 1.29 is 23.9 Å². The molecule has 2 fully saturated rings. The molecule has 0 aromatic carbocycles. The first kappa shape index (κ1) is 18.8. The zero-order valence-corrected chi connectivity index (χ0v) is 21.9. The molecule has 2 saturated carbocycles. The highest BCUT2D eigenvalue weighted by Gasteiger charge is 2.61. The average molecular weight is 555 g/mol. The van der Waals surface area contributed by atoms with Gasteiger partial charge in [0, 0.05) is 38.7 Å². The second-order valence-electron chi connectivity index (χ2n) is 10.2. The van der Waals surface area contributed by atoms with E-state index >= 15 is 0 Å². The highest BCUT2D eigenvalue weighted by atomic mass is 16.5. The van der Waals surface area contributed by atoms with Gasteiger partial charge in [0.15, 0.2) is 5.65 Å². The van der Waals surface area contributed by atoms with Crippen LogP contribution < -0.4 is 22.1 Å². The maximum absolute atomic E-state index is 13.6. The van der Waals surface area contributed by atoms with E-state index in [1.54, 1.807) is 0 Å². The molecule has 13 heteroatoms. The van der Waals surface area contributed by atoms with E-state index in [9.17, 15) is 14.4 Å². The lowest BCUT2D eigenvalue weighted by molar-refractivity contribution is -0.123. The lowest BCUT2D eigenvalue weighted by Crippen LogP contribution is -2.37. The van der Waals surface area contributed by atoms with Crippen molar-refractivity contribution in [3.05, 3.63) is 40.6 Å². The minimum absolute atomic E-state index is 0.0155. The number of rotatable bonds is 7. The maximum atomic E-state index is 13.6. The molecule has 210 valence electrons. The molecule has 2 amide bonds. The number of pyridine rings is 2. The number of carbonyl (C=O) groups excluding carboxylic acids is 2. The van der Waals surface area contributed by atoms with Crippen LogP contribution in [0.5, 0.6) is 0 Å². The standard InChI is InChI=1S/C27H33N9O4/c1-5-15-12-27(15,24(28)37)36-23-18(14(2)33-36)8-9-21(32-23)31-22-11-19-20(13-29-22)34(3)26(39)35(19)17-7-6-16(10-17)30-25(38)40-4/h8-9,11,13,15-17H,5-7,10,12H2,1-4H3,(H2,28,37)(H,30,38)(H,29,31,32)/t15-,16+,17+,27-/m0/s1/i2D3,3D3,16D. The topological polar surface area (TPSA) is 164 Å². The fourth-order valence-corrected chi connectivity index (χ4v) is 5.84. The van der Waals surface area contributed by atoms with E-state index in [4.69, 9.17) is 15.3 Å². The molecule has 0 radical (unpaired) electrons. The molecule has 2 aliphatic carbocycles. The van der Waals surface area contributed by atoms with Gasteiger partial charge in [-0.15, -0.1) is 0 Å². The molecule has 0 saturated heterocycles. The second-order valence-corrected chi connectivity index (χ2v) is 10.2. The number of hydrogen-bond acceptors (Lipinski definition) is 8. The Morgan fingerprint density at radius 1 is 1.30 bits per heavy atom. The number of ether oxygens (including phenoxy) is 1. The first-order chi connectivity index (χ1) is 21.9. The maximum Gasteiger partial charge on any atom is 0.407 e. The van der Waals surface area contributed by atoms with Gasteiger partial charge in [-0.05, 0) is 50.6 Å². The average Bonchev–Trinajstić information content (AvgIpc) is 3.23. The molecule has 4 atom stereocenters. The van der Waals surface area contributed by atoms with Crippen LogP contribution in [0, 0.1) is 12.8 Å². The van der Waals surface area contributed by atoms with Crippen LogP contribution in [0.3, 0.4) is 0 Å². The first-order valence-electron chi connectivity index (χ1n) is 16.4. The molecule has 0 bridgehead atoms. The normalized spacial score (nSPS) is 29.0. The van der Waals surface area contributed by atoms with Crippen LogP contribution in [0.1, 0.15) is 60.4 Å². The number of amides is 2. The van der Waals surface area contributed by atoms with Crippen molar-refractivity contribution >= 4 is 45.7 Å². The number of nitrogens with zero attached hydrogens (tertiary/aromatic N) is 6. The number of imidazole rings is 1. The van der Waals surface area contributed by atoms with E-state index in [0.29, 0.717) is 23.8 Å². The number of carbonyl (C=O) groups is 2. The number of aromatic nitrogens is 6. The van der Waals surface area contributed by atoms with E-state index in [1.165, 1.54) is 40.8 Å². The molecule has 0 aliphatic heterocycles. The van der Waals surface area contributed by atoms with Crippen LogP contribution in [0.4, 0.5) is 16.4 Å². The van der Waals surface area contributed by atoms with Gasteiger partial charge in [0.1, 0.15) is 17.2 Å². The van der Waals surface area contributed by atoms with Crippen LogP contribution in [0.2, 0.25) is 0 Å². The summed E-state index contributed by atoms with van der Waals surface area (Å²) in [5, 5.41) is 10.1. The van der Waals surface area contributed by atoms with E-state index < -0.39 is 49.1 Å². The fraction of sp³-hybridized carbons (Fsp3) is 0.481. The molecule has 0 spiro atoms. The summed E-state index contributed by atoms with van der Waals surface area (Å²) in [7, 11) is 1.18. The molecule has 4 aromatic heterocycles. The van der Waals surface area contributed by atoms with Gasteiger partial charge in [0.05, 0.1) is 31.4 Å². The number of anilines is 2. The Hall–Kier alpha value is -4.42. The van der Waals surface area contributed by atoms with E-state index in [0.717, 1.165) is 0 Å². The number of alkyl carbamates (subject to hydrolysis) is 1. The lowest BCUT2D eigenvalue weighted by atomic mass is 10.1. The summed E-state index contributed by atoms with van der Waals surface area (Å²) >= 11 is 0. The largest absolute Gasteiger partial charge is 0.453 e. The van der Waals surface area contributed by atoms with Gasteiger partial charge in [-0.2, -0.15) is 5.10 Å². The molecule has 4 heterocycles. The number of hydrogen-bond donors (Lipinski definition) is 3. The minimum atomic E-state index is -2.83. The summed E-state index contributed by atoms with van der Waals surface area (Å²) in [6, 6.07) is 2.45. The van der Waals surface area contributed by atoms with Crippen molar-refractivity contribution in [3.8, 4) is 0 Å². The third-order valence-corrected chi connectivity index (χ3v) is 8.01. The number of nitrogens with one attached hydrogen (secondary N) is 2. The minimum Gasteiger partial charge on any atom is -0.453 e. The van der Waals surface area contributed by atoms with Crippen molar-refractivity contribution in [2.24, 2.45) is 18.6 Å². The Morgan fingerprint density at radius 3 is 2.85 bits per heavy atom. The van der Waals surface area contributed by atoms with Crippen molar-refractivity contribution in [1.29, 1.82) is 0 Å². The molecule has 2 aliphatic rings. The number of nitrogens with two attached hydrogens (primary N) is 1. The highest BCUT2D eigenvalue weighted by Crippen LogP contribution is 2.53. The van der Waals surface area contributed by atoms with Gasteiger partial charge in [-0.1, -0.05) is 13.3 Å². The van der Waals surface area contributed by atoms with E-state index in [1.807, 2.05) is 6.92 Å². The monoisotopic (exact) mass is 554 g/mol. The number of aryl methyl sites for hydroxylation is 2. The van der Waals surface area contributed by atoms with Crippen LogP contribution in [-0.4, -0.2) is 54.0 Å². The molecule has 4 aromatic rings. The van der Waals surface area contributed by atoms with Gasteiger partial charge in [0.25, 0.3) is 0 Å².